The molecule has 1 aliphatic heterocycles. The minimum absolute atomic E-state index is 0.0393. The van der Waals surface area contributed by atoms with Crippen molar-refractivity contribution in [2.45, 2.75) is 6.10 Å². The van der Waals surface area contributed by atoms with Crippen molar-refractivity contribution in [1.82, 2.24) is 15.3 Å². The summed E-state index contributed by atoms with van der Waals surface area (Å²) in [6, 6.07) is 0.116. The third-order valence-corrected chi connectivity index (χ3v) is 2.23. The first-order chi connectivity index (χ1) is 8.25. The van der Waals surface area contributed by atoms with Crippen LogP contribution in [0.15, 0.2) is 12.4 Å². The zero-order chi connectivity index (χ0) is 12.1. The number of nitrogens with one attached hydrogen (secondary N) is 1. The van der Waals surface area contributed by atoms with Crippen LogP contribution in [-0.4, -0.2) is 47.3 Å². The van der Waals surface area contributed by atoms with Crippen molar-refractivity contribution in [1.29, 1.82) is 0 Å². The molecule has 8 nitrogen and oxygen atoms in total. The molecule has 0 spiro atoms. The lowest BCUT2D eigenvalue weighted by atomic mass is 10.3. The van der Waals surface area contributed by atoms with E-state index in [1.807, 2.05) is 0 Å². The second-order valence-electron chi connectivity index (χ2n) is 3.49. The quantitative estimate of drug-likeness (QED) is 0.572. The summed E-state index contributed by atoms with van der Waals surface area (Å²) in [5.41, 5.74) is -0.159. The van der Waals surface area contributed by atoms with Crippen LogP contribution < -0.4 is 10.1 Å². The number of nitro groups is 1. The minimum Gasteiger partial charge on any atom is -0.461 e. The van der Waals surface area contributed by atoms with Gasteiger partial charge in [-0.25, -0.2) is 0 Å². The largest absolute Gasteiger partial charge is 0.461 e. The zero-order valence-electron chi connectivity index (χ0n) is 9.04. The average Bonchev–Trinajstić information content (AvgIpc) is 2.38. The highest BCUT2D eigenvalue weighted by Gasteiger charge is 2.15. The summed E-state index contributed by atoms with van der Waals surface area (Å²) in [5.74, 6) is 0. The SMILES string of the molecule is O=[N+]([O-])c1cnc(OCC2CNCCO2)nc1. The number of rotatable bonds is 4. The molecular formula is C9H12N4O4. The average molecular weight is 240 g/mol. The van der Waals surface area contributed by atoms with Gasteiger partial charge in [-0.3, -0.25) is 10.1 Å². The molecule has 1 unspecified atom stereocenters. The van der Waals surface area contributed by atoms with Crippen molar-refractivity contribution in [3.05, 3.63) is 22.5 Å². The van der Waals surface area contributed by atoms with Crippen LogP contribution in [0, 0.1) is 10.1 Å². The van der Waals surface area contributed by atoms with Crippen molar-refractivity contribution < 1.29 is 14.4 Å². The maximum Gasteiger partial charge on any atom is 0.316 e. The van der Waals surface area contributed by atoms with Crippen molar-refractivity contribution >= 4 is 5.69 Å². The molecule has 0 aliphatic carbocycles. The highest BCUT2D eigenvalue weighted by atomic mass is 16.6. The van der Waals surface area contributed by atoms with Crippen molar-refractivity contribution in [2.75, 3.05) is 26.3 Å². The van der Waals surface area contributed by atoms with E-state index in [-0.39, 0.29) is 17.8 Å². The Kier molecular flexibility index (Phi) is 3.78. The monoisotopic (exact) mass is 240 g/mol. The van der Waals surface area contributed by atoms with Crippen LogP contribution in [0.25, 0.3) is 0 Å². The molecule has 0 aromatic carbocycles. The molecule has 92 valence electrons. The third kappa shape index (κ3) is 3.33. The highest BCUT2D eigenvalue weighted by Crippen LogP contribution is 2.10. The van der Waals surface area contributed by atoms with Gasteiger partial charge in [0.05, 0.1) is 11.5 Å². The van der Waals surface area contributed by atoms with Crippen molar-refractivity contribution in [2.24, 2.45) is 0 Å². The van der Waals surface area contributed by atoms with Crippen LogP contribution in [-0.2, 0) is 4.74 Å². The summed E-state index contributed by atoms with van der Waals surface area (Å²) < 4.78 is 10.7. The van der Waals surface area contributed by atoms with Gasteiger partial charge in [0.1, 0.15) is 25.1 Å². The third-order valence-electron chi connectivity index (χ3n) is 2.23. The number of hydrogen-bond acceptors (Lipinski definition) is 7. The first-order valence-corrected chi connectivity index (χ1v) is 5.17. The summed E-state index contributed by atoms with van der Waals surface area (Å²) >= 11 is 0. The predicted octanol–water partition coefficient (Wildman–Crippen LogP) is -0.248. The smallest absolute Gasteiger partial charge is 0.316 e. The second kappa shape index (κ2) is 5.51. The fourth-order valence-corrected chi connectivity index (χ4v) is 1.37. The molecule has 1 aromatic heterocycles. The summed E-state index contributed by atoms with van der Waals surface area (Å²) in [6.45, 7) is 2.53. The van der Waals surface area contributed by atoms with Gasteiger partial charge in [0.25, 0.3) is 0 Å². The molecule has 0 saturated carbocycles. The Bertz CT molecular complexity index is 377. The van der Waals surface area contributed by atoms with Crippen LogP contribution in [0.4, 0.5) is 5.69 Å². The van der Waals surface area contributed by atoms with E-state index in [0.717, 1.165) is 18.9 Å². The van der Waals surface area contributed by atoms with Crippen molar-refractivity contribution in [3.63, 3.8) is 0 Å². The second-order valence-corrected chi connectivity index (χ2v) is 3.49. The molecule has 17 heavy (non-hydrogen) atoms. The van der Waals surface area contributed by atoms with Crippen LogP contribution in [0.3, 0.4) is 0 Å². The molecule has 1 fully saturated rings. The predicted molar refractivity (Wildman–Crippen MR) is 56.8 cm³/mol. The Morgan fingerprint density at radius 2 is 2.35 bits per heavy atom. The van der Waals surface area contributed by atoms with E-state index < -0.39 is 4.92 Å². The molecule has 0 amide bonds. The molecule has 1 saturated heterocycles. The van der Waals surface area contributed by atoms with E-state index in [2.05, 4.69) is 15.3 Å². The van der Waals surface area contributed by atoms with E-state index in [1.165, 1.54) is 0 Å². The molecule has 1 N–H and O–H groups in total. The summed E-state index contributed by atoms with van der Waals surface area (Å²) in [4.78, 5) is 17.3. The Labute approximate surface area is 97.1 Å². The number of nitrogens with zero attached hydrogens (tertiary/aromatic N) is 3. The fraction of sp³-hybridized carbons (Fsp3) is 0.556. The molecule has 1 atom stereocenters. The summed E-state index contributed by atoms with van der Waals surface area (Å²) in [7, 11) is 0. The maximum atomic E-state index is 10.4. The van der Waals surface area contributed by atoms with Crippen LogP contribution in [0.2, 0.25) is 0 Å². The minimum atomic E-state index is -0.558. The van der Waals surface area contributed by atoms with Gasteiger partial charge >= 0.3 is 11.7 Å². The Morgan fingerprint density at radius 3 is 2.94 bits per heavy atom. The van der Waals surface area contributed by atoms with Crippen molar-refractivity contribution in [3.8, 4) is 6.01 Å². The topological polar surface area (TPSA) is 99.4 Å². The fourth-order valence-electron chi connectivity index (χ4n) is 1.37. The van der Waals surface area contributed by atoms with Gasteiger partial charge < -0.3 is 14.8 Å². The Morgan fingerprint density at radius 1 is 1.59 bits per heavy atom. The lowest BCUT2D eigenvalue weighted by molar-refractivity contribution is -0.385. The zero-order valence-corrected chi connectivity index (χ0v) is 9.04. The first kappa shape index (κ1) is 11.7. The van der Waals surface area contributed by atoms with Crippen LogP contribution in [0.5, 0.6) is 6.01 Å². The van der Waals surface area contributed by atoms with E-state index in [4.69, 9.17) is 9.47 Å². The summed E-state index contributed by atoms with van der Waals surface area (Å²) in [6.07, 6.45) is 2.19. The lowest BCUT2D eigenvalue weighted by Crippen LogP contribution is -2.41. The first-order valence-electron chi connectivity index (χ1n) is 5.17. The Balaban J connectivity index is 1.84. The molecule has 0 bridgehead atoms. The number of aromatic nitrogens is 2. The number of hydrogen-bond donors (Lipinski definition) is 1. The highest BCUT2D eigenvalue weighted by molar-refractivity contribution is 5.21. The van der Waals surface area contributed by atoms with Gasteiger partial charge in [0.15, 0.2) is 0 Å². The van der Waals surface area contributed by atoms with Gasteiger partial charge in [-0.05, 0) is 0 Å². The van der Waals surface area contributed by atoms with Gasteiger partial charge in [0.2, 0.25) is 0 Å². The van der Waals surface area contributed by atoms with Crippen LogP contribution >= 0.6 is 0 Å². The standard InChI is InChI=1S/C9H12N4O4/c14-13(15)7-3-11-9(12-4-7)17-6-8-5-10-1-2-16-8/h3-4,8,10H,1-2,5-6H2. The Hall–Kier alpha value is -1.80. The lowest BCUT2D eigenvalue weighted by Gasteiger charge is -2.22. The molecule has 2 heterocycles. The molecular weight excluding hydrogens is 228 g/mol. The van der Waals surface area contributed by atoms with E-state index in [9.17, 15) is 10.1 Å². The van der Waals surface area contributed by atoms with Crippen LogP contribution in [0.1, 0.15) is 0 Å². The normalized spacial score (nSPS) is 19.9. The summed E-state index contributed by atoms with van der Waals surface area (Å²) in [5, 5.41) is 13.5. The molecule has 1 aromatic rings. The molecule has 0 radical (unpaired) electrons. The van der Waals surface area contributed by atoms with E-state index in [0.29, 0.717) is 19.8 Å². The molecule has 8 heteroatoms. The molecule has 1 aliphatic rings. The van der Waals surface area contributed by atoms with E-state index in [1.54, 1.807) is 0 Å². The number of ether oxygens (including phenoxy) is 2. The van der Waals surface area contributed by atoms with Gasteiger partial charge in [-0.15, -0.1) is 0 Å². The van der Waals surface area contributed by atoms with Gasteiger partial charge in [-0.2, -0.15) is 9.97 Å². The van der Waals surface area contributed by atoms with Gasteiger partial charge in [0, 0.05) is 13.1 Å². The molecule has 2 rings (SSSR count). The number of morpholine rings is 1. The van der Waals surface area contributed by atoms with E-state index >= 15 is 0 Å². The maximum absolute atomic E-state index is 10.4. The van der Waals surface area contributed by atoms with Gasteiger partial charge in [-0.1, -0.05) is 0 Å².